The molecule has 0 aliphatic heterocycles. The number of carbonyl (C=O) groups is 1. The van der Waals surface area contributed by atoms with Crippen molar-refractivity contribution in [2.45, 2.75) is 11.3 Å². The standard InChI is InChI=1S/C11H12Cl3NO4S/c1-19-4-2-3-15-11(16)7-5-8(12)10(13)9(6-7)20(14,17)18/h5-6H,2-4H2,1H3,(H,15,16). The molecule has 20 heavy (non-hydrogen) atoms. The zero-order chi connectivity index (χ0) is 15.3. The predicted octanol–water partition coefficient (Wildman–Crippen LogP) is 2.69. The fourth-order valence-corrected chi connectivity index (χ4v) is 3.16. The van der Waals surface area contributed by atoms with Crippen molar-refractivity contribution in [2.75, 3.05) is 20.3 Å². The SMILES string of the molecule is COCCCNC(=O)c1cc(Cl)c(Cl)c(S(=O)(=O)Cl)c1. The van der Waals surface area contributed by atoms with E-state index in [0.717, 1.165) is 6.07 Å². The topological polar surface area (TPSA) is 72.5 Å². The maximum Gasteiger partial charge on any atom is 0.262 e. The summed E-state index contributed by atoms with van der Waals surface area (Å²) >= 11 is 11.6. The summed E-state index contributed by atoms with van der Waals surface area (Å²) in [4.78, 5) is 11.5. The molecule has 1 aromatic carbocycles. The van der Waals surface area contributed by atoms with Gasteiger partial charge >= 0.3 is 0 Å². The Labute approximate surface area is 131 Å². The number of amides is 1. The van der Waals surface area contributed by atoms with Crippen molar-refractivity contribution in [3.63, 3.8) is 0 Å². The summed E-state index contributed by atoms with van der Waals surface area (Å²) in [5, 5.41) is 2.33. The fourth-order valence-electron chi connectivity index (χ4n) is 1.39. The minimum Gasteiger partial charge on any atom is -0.385 e. The highest BCUT2D eigenvalue weighted by atomic mass is 35.7. The molecule has 1 rings (SSSR count). The smallest absolute Gasteiger partial charge is 0.262 e. The third-order valence-corrected chi connectivity index (χ3v) is 4.59. The summed E-state index contributed by atoms with van der Waals surface area (Å²) in [6.07, 6.45) is 0.629. The molecular formula is C11H12Cl3NO4S. The Morgan fingerprint density at radius 2 is 2.00 bits per heavy atom. The molecule has 1 amide bonds. The first-order chi connectivity index (χ1) is 9.27. The lowest BCUT2D eigenvalue weighted by atomic mass is 10.2. The van der Waals surface area contributed by atoms with Gasteiger partial charge in [-0.15, -0.1) is 0 Å². The Morgan fingerprint density at radius 1 is 1.35 bits per heavy atom. The van der Waals surface area contributed by atoms with Gasteiger partial charge in [0.25, 0.3) is 15.0 Å². The molecule has 0 unspecified atom stereocenters. The van der Waals surface area contributed by atoms with Crippen LogP contribution < -0.4 is 5.32 Å². The van der Waals surface area contributed by atoms with Crippen molar-refractivity contribution < 1.29 is 17.9 Å². The van der Waals surface area contributed by atoms with E-state index in [9.17, 15) is 13.2 Å². The molecule has 0 heterocycles. The van der Waals surface area contributed by atoms with E-state index < -0.39 is 19.9 Å². The quantitative estimate of drug-likeness (QED) is 0.625. The van der Waals surface area contributed by atoms with Gasteiger partial charge in [-0.3, -0.25) is 4.79 Å². The molecule has 112 valence electrons. The van der Waals surface area contributed by atoms with E-state index in [0.29, 0.717) is 19.6 Å². The number of hydrogen-bond donors (Lipinski definition) is 1. The second-order valence-corrected chi connectivity index (χ2v) is 7.13. The number of benzene rings is 1. The molecule has 0 bridgehead atoms. The lowest BCUT2D eigenvalue weighted by Crippen LogP contribution is -2.25. The van der Waals surface area contributed by atoms with Gasteiger partial charge in [-0.25, -0.2) is 8.42 Å². The van der Waals surface area contributed by atoms with Crippen LogP contribution in [-0.4, -0.2) is 34.6 Å². The molecule has 0 saturated carbocycles. The van der Waals surface area contributed by atoms with E-state index >= 15 is 0 Å². The molecule has 1 aromatic rings. The molecule has 0 fully saturated rings. The maximum absolute atomic E-state index is 11.9. The van der Waals surface area contributed by atoms with Crippen LogP contribution in [0.1, 0.15) is 16.8 Å². The highest BCUT2D eigenvalue weighted by Gasteiger charge is 2.20. The second-order valence-electron chi connectivity index (χ2n) is 3.81. The lowest BCUT2D eigenvalue weighted by molar-refractivity contribution is 0.0948. The number of carbonyl (C=O) groups excluding carboxylic acids is 1. The Balaban J connectivity index is 2.97. The van der Waals surface area contributed by atoms with Gasteiger partial charge in [0.2, 0.25) is 0 Å². The number of hydrogen-bond acceptors (Lipinski definition) is 4. The molecular weight excluding hydrogens is 349 g/mol. The van der Waals surface area contributed by atoms with E-state index in [4.69, 9.17) is 38.6 Å². The molecule has 9 heteroatoms. The van der Waals surface area contributed by atoms with Gasteiger partial charge in [0.15, 0.2) is 0 Å². The van der Waals surface area contributed by atoms with Crippen molar-refractivity contribution >= 4 is 48.8 Å². The van der Waals surface area contributed by atoms with Crippen molar-refractivity contribution in [3.05, 3.63) is 27.7 Å². The maximum atomic E-state index is 11.9. The van der Waals surface area contributed by atoms with Crippen LogP contribution in [0.15, 0.2) is 17.0 Å². The monoisotopic (exact) mass is 359 g/mol. The van der Waals surface area contributed by atoms with Crippen LogP contribution in [-0.2, 0) is 13.8 Å². The number of halogens is 3. The third kappa shape index (κ3) is 4.79. The van der Waals surface area contributed by atoms with E-state index in [1.54, 1.807) is 7.11 Å². The molecule has 5 nitrogen and oxygen atoms in total. The van der Waals surface area contributed by atoms with E-state index in [1.165, 1.54) is 6.07 Å². The van der Waals surface area contributed by atoms with Crippen LogP contribution in [0.5, 0.6) is 0 Å². The number of methoxy groups -OCH3 is 1. The molecule has 0 atom stereocenters. The lowest BCUT2D eigenvalue weighted by Gasteiger charge is -2.08. The van der Waals surface area contributed by atoms with Crippen LogP contribution in [0.4, 0.5) is 0 Å². The summed E-state index contributed by atoms with van der Waals surface area (Å²) in [7, 11) is 2.71. The first kappa shape index (κ1) is 17.5. The highest BCUT2D eigenvalue weighted by molar-refractivity contribution is 8.13. The fraction of sp³-hybridized carbons (Fsp3) is 0.364. The first-order valence-corrected chi connectivity index (χ1v) is 8.54. The number of rotatable bonds is 6. The summed E-state index contributed by atoms with van der Waals surface area (Å²) in [6.45, 7) is 0.888. The van der Waals surface area contributed by atoms with Crippen LogP contribution in [0, 0.1) is 0 Å². The summed E-state index contributed by atoms with van der Waals surface area (Å²) in [5.74, 6) is -0.471. The van der Waals surface area contributed by atoms with Gasteiger partial charge < -0.3 is 10.1 Å². The summed E-state index contributed by atoms with van der Waals surface area (Å²) < 4.78 is 27.5. The molecule has 0 saturated heterocycles. The van der Waals surface area contributed by atoms with Gasteiger partial charge in [0.1, 0.15) is 4.90 Å². The number of ether oxygens (including phenoxy) is 1. The average Bonchev–Trinajstić information content (AvgIpc) is 2.36. The average molecular weight is 361 g/mol. The van der Waals surface area contributed by atoms with Crippen LogP contribution in [0.2, 0.25) is 10.0 Å². The van der Waals surface area contributed by atoms with Gasteiger partial charge in [-0.05, 0) is 18.6 Å². The zero-order valence-electron chi connectivity index (χ0n) is 10.5. The molecule has 0 spiro atoms. The van der Waals surface area contributed by atoms with Crippen molar-refractivity contribution in [1.29, 1.82) is 0 Å². The summed E-state index contributed by atoms with van der Waals surface area (Å²) in [6, 6.07) is 2.36. The molecule has 0 radical (unpaired) electrons. The zero-order valence-corrected chi connectivity index (χ0v) is 13.5. The second kappa shape index (κ2) is 7.47. The minimum absolute atomic E-state index is 0.0598. The first-order valence-electron chi connectivity index (χ1n) is 5.48. The predicted molar refractivity (Wildman–Crippen MR) is 78.3 cm³/mol. The molecule has 0 aromatic heterocycles. The number of nitrogens with one attached hydrogen (secondary N) is 1. The minimum atomic E-state index is -4.09. The molecule has 1 N–H and O–H groups in total. The van der Waals surface area contributed by atoms with Gasteiger partial charge in [0.05, 0.1) is 10.0 Å². The Bertz CT molecular complexity index is 604. The normalized spacial score (nSPS) is 11.4. The largest absolute Gasteiger partial charge is 0.385 e. The molecule has 0 aliphatic carbocycles. The van der Waals surface area contributed by atoms with Crippen LogP contribution >= 0.6 is 33.9 Å². The van der Waals surface area contributed by atoms with Gasteiger partial charge in [-0.2, -0.15) is 0 Å². The van der Waals surface area contributed by atoms with E-state index in [1.807, 2.05) is 0 Å². The van der Waals surface area contributed by atoms with E-state index in [2.05, 4.69) is 5.32 Å². The highest BCUT2D eigenvalue weighted by Crippen LogP contribution is 2.32. The van der Waals surface area contributed by atoms with Crippen molar-refractivity contribution in [3.8, 4) is 0 Å². The van der Waals surface area contributed by atoms with Crippen molar-refractivity contribution in [1.82, 2.24) is 5.32 Å². The Hall–Kier alpha value is -0.530. The van der Waals surface area contributed by atoms with E-state index in [-0.39, 0.29) is 15.6 Å². The van der Waals surface area contributed by atoms with Gasteiger partial charge in [-0.1, -0.05) is 23.2 Å². The third-order valence-electron chi connectivity index (χ3n) is 2.33. The molecule has 0 aliphatic rings. The Morgan fingerprint density at radius 3 is 2.55 bits per heavy atom. The van der Waals surface area contributed by atoms with Crippen molar-refractivity contribution in [2.24, 2.45) is 0 Å². The van der Waals surface area contributed by atoms with Crippen LogP contribution in [0.25, 0.3) is 0 Å². The van der Waals surface area contributed by atoms with Gasteiger partial charge in [0, 0.05) is 36.5 Å². The summed E-state index contributed by atoms with van der Waals surface area (Å²) in [5.41, 5.74) is 0.0658. The Kier molecular flexibility index (Phi) is 6.54. The van der Waals surface area contributed by atoms with Crippen LogP contribution in [0.3, 0.4) is 0 Å².